The quantitative estimate of drug-likeness (QED) is 0.912. The number of benzene rings is 1. The minimum atomic E-state index is 0.222. The van der Waals surface area contributed by atoms with Crippen LogP contribution in [0.1, 0.15) is 6.92 Å². The number of pyridine rings is 1. The summed E-state index contributed by atoms with van der Waals surface area (Å²) in [5.41, 5.74) is 1.05. The second-order valence-corrected chi connectivity index (χ2v) is 6.64. The summed E-state index contributed by atoms with van der Waals surface area (Å²) < 4.78 is 6.21. The van der Waals surface area contributed by atoms with Crippen molar-refractivity contribution in [3.05, 3.63) is 33.8 Å². The summed E-state index contributed by atoms with van der Waals surface area (Å²) in [6.45, 7) is 4.68. The Bertz CT molecular complexity index is 628. The fourth-order valence-corrected chi connectivity index (χ4v) is 2.99. The summed E-state index contributed by atoms with van der Waals surface area (Å²) in [6, 6.07) is 7.88. The first kappa shape index (κ1) is 13.2. The number of halogens is 2. The maximum atomic E-state index is 6.22. The molecule has 3 nitrogen and oxygen atoms in total. The summed E-state index contributed by atoms with van der Waals surface area (Å²) in [4.78, 5) is 4.57. The molecule has 0 radical (unpaired) electrons. The fraction of sp³-hybridized carbons (Fsp3) is 0.357. The number of fused-ring (bicyclic) bond motifs is 1. The van der Waals surface area contributed by atoms with Crippen LogP contribution in [0.3, 0.4) is 0 Å². The van der Waals surface area contributed by atoms with Gasteiger partial charge in [0.2, 0.25) is 0 Å². The van der Waals surface area contributed by atoms with E-state index in [9.17, 15) is 0 Å². The van der Waals surface area contributed by atoms with Crippen LogP contribution in [0.25, 0.3) is 10.9 Å². The molecule has 1 saturated heterocycles. The molecule has 2 heterocycles. The molecule has 19 heavy (non-hydrogen) atoms. The van der Waals surface area contributed by atoms with E-state index in [1.807, 2.05) is 24.3 Å². The molecule has 1 fully saturated rings. The fourth-order valence-electron chi connectivity index (χ4n) is 2.11. The second-order valence-electron chi connectivity index (χ2n) is 5.31. The Morgan fingerprint density at radius 3 is 2.89 bits per heavy atom. The molecule has 1 aromatic heterocycles. The topological polar surface area (TPSA) is 34.2 Å². The van der Waals surface area contributed by atoms with Gasteiger partial charge < -0.3 is 10.1 Å². The van der Waals surface area contributed by atoms with Gasteiger partial charge in [0.1, 0.15) is 5.82 Å². The highest BCUT2D eigenvalue weighted by atomic mass is 79.9. The molecular weight excluding hydrogens is 328 g/mol. The van der Waals surface area contributed by atoms with Gasteiger partial charge in [0, 0.05) is 21.8 Å². The number of hydrogen-bond donors (Lipinski definition) is 1. The van der Waals surface area contributed by atoms with Crippen LogP contribution in [-0.2, 0) is 4.74 Å². The first-order valence-corrected chi connectivity index (χ1v) is 7.30. The molecule has 1 N–H and O–H groups in total. The highest BCUT2D eigenvalue weighted by molar-refractivity contribution is 9.10. The molecule has 1 aliphatic heterocycles. The monoisotopic (exact) mass is 340 g/mol. The van der Waals surface area contributed by atoms with Crippen molar-refractivity contribution < 1.29 is 4.74 Å². The number of nitrogens with one attached hydrogen (secondary N) is 1. The van der Waals surface area contributed by atoms with Gasteiger partial charge >= 0.3 is 0 Å². The Hall–Kier alpha value is -0.840. The van der Waals surface area contributed by atoms with Crippen LogP contribution in [0.2, 0.25) is 5.02 Å². The minimum Gasteiger partial charge on any atom is -0.380 e. The Balaban J connectivity index is 1.85. The summed E-state index contributed by atoms with van der Waals surface area (Å²) in [5, 5.41) is 5.05. The van der Waals surface area contributed by atoms with Crippen molar-refractivity contribution in [3.63, 3.8) is 0 Å². The van der Waals surface area contributed by atoms with Gasteiger partial charge in [-0.15, -0.1) is 0 Å². The second kappa shape index (κ2) is 4.93. The maximum absolute atomic E-state index is 6.22. The van der Waals surface area contributed by atoms with E-state index in [2.05, 4.69) is 33.2 Å². The molecule has 5 heteroatoms. The lowest BCUT2D eigenvalue weighted by Crippen LogP contribution is -2.45. The van der Waals surface area contributed by atoms with Crippen molar-refractivity contribution in [3.8, 4) is 0 Å². The van der Waals surface area contributed by atoms with Crippen LogP contribution in [0, 0.1) is 5.41 Å². The molecule has 0 bridgehead atoms. The Morgan fingerprint density at radius 2 is 2.21 bits per heavy atom. The van der Waals surface area contributed by atoms with E-state index < -0.39 is 0 Å². The normalized spacial score (nSPS) is 17.2. The van der Waals surface area contributed by atoms with Crippen LogP contribution in [0.4, 0.5) is 5.82 Å². The molecule has 0 spiro atoms. The highest BCUT2D eigenvalue weighted by Gasteiger charge is 2.33. The van der Waals surface area contributed by atoms with Crippen molar-refractivity contribution in [2.45, 2.75) is 6.92 Å². The van der Waals surface area contributed by atoms with Gasteiger partial charge in [-0.1, -0.05) is 34.5 Å². The molecule has 3 rings (SSSR count). The molecule has 100 valence electrons. The van der Waals surface area contributed by atoms with E-state index in [4.69, 9.17) is 16.3 Å². The molecule has 1 aliphatic rings. The molecule has 1 aromatic carbocycles. The first-order chi connectivity index (χ1) is 9.06. The van der Waals surface area contributed by atoms with Gasteiger partial charge in [0.15, 0.2) is 0 Å². The van der Waals surface area contributed by atoms with Crippen LogP contribution in [0.5, 0.6) is 0 Å². The minimum absolute atomic E-state index is 0.222. The average molecular weight is 342 g/mol. The predicted molar refractivity (Wildman–Crippen MR) is 81.9 cm³/mol. The predicted octanol–water partition coefficient (Wildman–Crippen LogP) is 4.10. The molecular formula is C14H14BrClN2O. The summed E-state index contributed by atoms with van der Waals surface area (Å²) >= 11 is 9.66. The summed E-state index contributed by atoms with van der Waals surface area (Å²) in [7, 11) is 0. The van der Waals surface area contributed by atoms with Crippen LogP contribution in [0.15, 0.2) is 28.7 Å². The van der Waals surface area contributed by atoms with E-state index in [0.717, 1.165) is 41.0 Å². The van der Waals surface area contributed by atoms with Crippen LogP contribution < -0.4 is 5.32 Å². The van der Waals surface area contributed by atoms with E-state index in [0.29, 0.717) is 5.02 Å². The third-order valence-corrected chi connectivity index (χ3v) is 4.05. The lowest BCUT2D eigenvalue weighted by Gasteiger charge is -2.38. The van der Waals surface area contributed by atoms with Crippen LogP contribution in [-0.4, -0.2) is 24.7 Å². The lowest BCUT2D eigenvalue weighted by molar-refractivity contribution is -0.0924. The number of nitrogens with zero attached hydrogens (tertiary/aromatic N) is 1. The Kier molecular flexibility index (Phi) is 3.41. The number of anilines is 1. The average Bonchev–Trinajstić information content (AvgIpc) is 2.34. The molecule has 0 amide bonds. The van der Waals surface area contributed by atoms with Crippen molar-refractivity contribution in [1.29, 1.82) is 0 Å². The SMILES string of the molecule is CC1(CNc2ccc3cc(Br)cc(Cl)c3n2)COC1. The van der Waals surface area contributed by atoms with Crippen molar-refractivity contribution in [1.82, 2.24) is 4.98 Å². The molecule has 0 aliphatic carbocycles. The van der Waals surface area contributed by atoms with Gasteiger partial charge in [-0.05, 0) is 24.3 Å². The number of hydrogen-bond acceptors (Lipinski definition) is 3. The third kappa shape index (κ3) is 2.71. The summed E-state index contributed by atoms with van der Waals surface area (Å²) in [6.07, 6.45) is 0. The zero-order valence-corrected chi connectivity index (χ0v) is 12.9. The van der Waals surface area contributed by atoms with Crippen molar-refractivity contribution in [2.75, 3.05) is 25.1 Å². The first-order valence-electron chi connectivity index (χ1n) is 6.13. The highest BCUT2D eigenvalue weighted by Crippen LogP contribution is 2.29. The van der Waals surface area contributed by atoms with Crippen molar-refractivity contribution in [2.24, 2.45) is 5.41 Å². The smallest absolute Gasteiger partial charge is 0.126 e. The Morgan fingerprint density at radius 1 is 1.42 bits per heavy atom. The molecule has 2 aromatic rings. The third-order valence-electron chi connectivity index (χ3n) is 3.31. The van der Waals surface area contributed by atoms with Crippen molar-refractivity contribution >= 4 is 44.3 Å². The summed E-state index contributed by atoms with van der Waals surface area (Å²) in [5.74, 6) is 0.852. The van der Waals surface area contributed by atoms with Gasteiger partial charge in [-0.2, -0.15) is 0 Å². The van der Waals surface area contributed by atoms with E-state index in [1.54, 1.807) is 0 Å². The molecule has 0 atom stereocenters. The van der Waals surface area contributed by atoms with Gasteiger partial charge in [-0.25, -0.2) is 4.98 Å². The van der Waals surface area contributed by atoms with Gasteiger partial charge in [-0.3, -0.25) is 0 Å². The maximum Gasteiger partial charge on any atom is 0.126 e. The number of rotatable bonds is 3. The Labute approximate surface area is 125 Å². The van der Waals surface area contributed by atoms with Gasteiger partial charge in [0.05, 0.1) is 23.8 Å². The zero-order valence-electron chi connectivity index (χ0n) is 10.5. The molecule has 0 saturated carbocycles. The standard InChI is InChI=1S/C14H14BrClN2O/c1-14(7-19-8-14)6-17-12-3-2-9-4-10(15)5-11(16)13(9)18-12/h2-5H,6-8H2,1H3,(H,17,18). The van der Waals surface area contributed by atoms with Crippen LogP contribution >= 0.6 is 27.5 Å². The lowest BCUT2D eigenvalue weighted by atomic mass is 9.89. The molecule has 0 unspecified atom stereocenters. The van der Waals surface area contributed by atoms with E-state index in [1.165, 1.54) is 0 Å². The van der Waals surface area contributed by atoms with Gasteiger partial charge in [0.25, 0.3) is 0 Å². The van der Waals surface area contributed by atoms with E-state index >= 15 is 0 Å². The zero-order chi connectivity index (χ0) is 13.5. The number of ether oxygens (including phenoxy) is 1. The largest absolute Gasteiger partial charge is 0.380 e. The number of aromatic nitrogens is 1. The van der Waals surface area contributed by atoms with E-state index in [-0.39, 0.29) is 5.41 Å².